The van der Waals surface area contributed by atoms with Crippen LogP contribution in [0.2, 0.25) is 0 Å². The molecule has 1 saturated heterocycles. The van der Waals surface area contributed by atoms with E-state index >= 15 is 0 Å². The number of carbonyl (C=O) groups is 3. The summed E-state index contributed by atoms with van der Waals surface area (Å²) in [5.41, 5.74) is 0. The minimum atomic E-state index is -1.05. The second-order valence-corrected chi connectivity index (χ2v) is 4.61. The van der Waals surface area contributed by atoms with E-state index in [2.05, 4.69) is 10.6 Å². The fraction of sp³-hybridized carbons (Fsp3) is 0.727. The van der Waals surface area contributed by atoms with E-state index in [-0.39, 0.29) is 24.2 Å². The summed E-state index contributed by atoms with van der Waals surface area (Å²) in [5.74, 6) is -2.15. The van der Waals surface area contributed by atoms with Crippen LogP contribution in [0.25, 0.3) is 0 Å². The van der Waals surface area contributed by atoms with Crippen LogP contribution in [-0.4, -0.2) is 35.5 Å². The highest BCUT2D eigenvalue weighted by Gasteiger charge is 2.30. The van der Waals surface area contributed by atoms with Crippen molar-refractivity contribution >= 4 is 17.8 Å². The molecule has 1 aliphatic rings. The van der Waals surface area contributed by atoms with Crippen LogP contribution in [0.15, 0.2) is 0 Å². The number of carboxylic acids is 1. The van der Waals surface area contributed by atoms with E-state index in [1.165, 1.54) is 0 Å². The summed E-state index contributed by atoms with van der Waals surface area (Å²) in [6, 6.07) is -0.896. The van der Waals surface area contributed by atoms with Gasteiger partial charge in [0.25, 0.3) is 0 Å². The third kappa shape index (κ3) is 3.72. The van der Waals surface area contributed by atoms with Crippen LogP contribution in [0.3, 0.4) is 0 Å². The Morgan fingerprint density at radius 3 is 2.59 bits per heavy atom. The number of carbonyl (C=O) groups excluding carboxylic acids is 2. The summed E-state index contributed by atoms with van der Waals surface area (Å²) in [4.78, 5) is 33.9. The first kappa shape index (κ1) is 13.5. The topological polar surface area (TPSA) is 95.5 Å². The smallest absolute Gasteiger partial charge is 0.326 e. The Kier molecular flexibility index (Phi) is 4.48. The van der Waals surface area contributed by atoms with Crippen LogP contribution >= 0.6 is 0 Å². The number of nitrogens with one attached hydrogen (secondary N) is 2. The number of carboxylic acid groups (broad SMARTS) is 1. The second-order valence-electron chi connectivity index (χ2n) is 4.61. The molecule has 0 unspecified atom stereocenters. The average molecular weight is 242 g/mol. The normalized spacial score (nSPS) is 21.8. The molecule has 0 saturated carbocycles. The fourth-order valence-corrected chi connectivity index (χ4v) is 1.79. The van der Waals surface area contributed by atoms with E-state index in [1.54, 1.807) is 13.8 Å². The van der Waals surface area contributed by atoms with Gasteiger partial charge in [0.2, 0.25) is 11.8 Å². The molecule has 1 aliphatic heterocycles. The monoisotopic (exact) mass is 242 g/mol. The zero-order chi connectivity index (χ0) is 13.0. The summed E-state index contributed by atoms with van der Waals surface area (Å²) >= 11 is 0. The van der Waals surface area contributed by atoms with Gasteiger partial charge in [-0.25, -0.2) is 4.79 Å². The van der Waals surface area contributed by atoms with E-state index in [1.807, 2.05) is 0 Å². The average Bonchev–Trinajstić information content (AvgIpc) is 2.24. The highest BCUT2D eigenvalue weighted by molar-refractivity contribution is 5.89. The summed E-state index contributed by atoms with van der Waals surface area (Å²) in [5, 5.41) is 14.1. The minimum absolute atomic E-state index is 0.135. The molecular formula is C11H18N2O4. The van der Waals surface area contributed by atoms with Gasteiger partial charge >= 0.3 is 5.97 Å². The van der Waals surface area contributed by atoms with Crippen LogP contribution in [-0.2, 0) is 14.4 Å². The van der Waals surface area contributed by atoms with Crippen molar-refractivity contribution in [1.29, 1.82) is 0 Å². The van der Waals surface area contributed by atoms with Gasteiger partial charge in [-0.2, -0.15) is 0 Å². The van der Waals surface area contributed by atoms with Gasteiger partial charge in [0.1, 0.15) is 6.04 Å². The summed E-state index contributed by atoms with van der Waals surface area (Å²) in [7, 11) is 0. The van der Waals surface area contributed by atoms with Crippen molar-refractivity contribution in [2.24, 2.45) is 11.8 Å². The van der Waals surface area contributed by atoms with Gasteiger partial charge in [0.15, 0.2) is 0 Å². The summed E-state index contributed by atoms with van der Waals surface area (Å²) < 4.78 is 0. The van der Waals surface area contributed by atoms with E-state index in [4.69, 9.17) is 5.11 Å². The van der Waals surface area contributed by atoms with Crippen molar-refractivity contribution in [3.05, 3.63) is 0 Å². The molecule has 0 radical (unpaired) electrons. The largest absolute Gasteiger partial charge is 0.480 e. The molecule has 0 spiro atoms. The van der Waals surface area contributed by atoms with E-state index in [9.17, 15) is 14.4 Å². The maximum Gasteiger partial charge on any atom is 0.326 e. The van der Waals surface area contributed by atoms with E-state index in [0.29, 0.717) is 13.0 Å². The Labute approximate surface area is 99.8 Å². The SMILES string of the molecule is CC(C)[C@@H](NC(=O)[C@H]1CCNC(=O)C1)C(=O)O. The van der Waals surface area contributed by atoms with Gasteiger partial charge in [-0.05, 0) is 12.3 Å². The number of rotatable bonds is 4. The zero-order valence-corrected chi connectivity index (χ0v) is 10.0. The van der Waals surface area contributed by atoms with Gasteiger partial charge in [-0.1, -0.05) is 13.8 Å². The van der Waals surface area contributed by atoms with Crippen molar-refractivity contribution in [3.8, 4) is 0 Å². The van der Waals surface area contributed by atoms with Crippen molar-refractivity contribution < 1.29 is 19.5 Å². The number of aliphatic carboxylic acids is 1. The van der Waals surface area contributed by atoms with E-state index in [0.717, 1.165) is 0 Å². The highest BCUT2D eigenvalue weighted by atomic mass is 16.4. The van der Waals surface area contributed by atoms with Gasteiger partial charge in [-0.3, -0.25) is 9.59 Å². The Hall–Kier alpha value is -1.59. The van der Waals surface area contributed by atoms with Crippen molar-refractivity contribution in [1.82, 2.24) is 10.6 Å². The molecule has 1 fully saturated rings. The number of piperidine rings is 1. The molecule has 1 heterocycles. The fourth-order valence-electron chi connectivity index (χ4n) is 1.79. The number of hydrogen-bond donors (Lipinski definition) is 3. The van der Waals surface area contributed by atoms with Crippen LogP contribution in [0.4, 0.5) is 0 Å². The Balaban J connectivity index is 2.57. The minimum Gasteiger partial charge on any atom is -0.480 e. The molecule has 0 aromatic heterocycles. The molecule has 96 valence electrons. The first-order valence-corrected chi connectivity index (χ1v) is 5.71. The molecule has 6 heteroatoms. The maximum atomic E-state index is 11.8. The maximum absolute atomic E-state index is 11.8. The molecular weight excluding hydrogens is 224 g/mol. The standard InChI is InChI=1S/C11H18N2O4/c1-6(2)9(11(16)17)13-10(15)7-3-4-12-8(14)5-7/h6-7,9H,3-5H2,1-2H3,(H,12,14)(H,13,15)(H,16,17)/t7-,9+/m0/s1. The van der Waals surface area contributed by atoms with Crippen LogP contribution in [0.1, 0.15) is 26.7 Å². The highest BCUT2D eigenvalue weighted by Crippen LogP contribution is 2.13. The third-order valence-corrected chi connectivity index (χ3v) is 2.85. The molecule has 17 heavy (non-hydrogen) atoms. The van der Waals surface area contributed by atoms with Gasteiger partial charge < -0.3 is 15.7 Å². The van der Waals surface area contributed by atoms with Gasteiger partial charge in [0.05, 0.1) is 0 Å². The lowest BCUT2D eigenvalue weighted by Gasteiger charge is -2.24. The molecule has 3 N–H and O–H groups in total. The lowest BCUT2D eigenvalue weighted by Crippen LogP contribution is -2.49. The quantitative estimate of drug-likeness (QED) is 0.632. The van der Waals surface area contributed by atoms with Gasteiger partial charge in [-0.15, -0.1) is 0 Å². The van der Waals surface area contributed by atoms with Crippen molar-refractivity contribution in [2.75, 3.05) is 6.54 Å². The molecule has 2 atom stereocenters. The van der Waals surface area contributed by atoms with Crippen LogP contribution in [0.5, 0.6) is 0 Å². The van der Waals surface area contributed by atoms with Gasteiger partial charge in [0, 0.05) is 18.9 Å². The predicted molar refractivity (Wildman–Crippen MR) is 60.1 cm³/mol. The van der Waals surface area contributed by atoms with Crippen molar-refractivity contribution in [3.63, 3.8) is 0 Å². The third-order valence-electron chi connectivity index (χ3n) is 2.85. The van der Waals surface area contributed by atoms with E-state index < -0.39 is 17.9 Å². The molecule has 0 bridgehead atoms. The zero-order valence-electron chi connectivity index (χ0n) is 10.0. The lowest BCUT2D eigenvalue weighted by atomic mass is 9.95. The molecule has 6 nitrogen and oxygen atoms in total. The summed E-state index contributed by atoms with van der Waals surface area (Å²) in [6.07, 6.45) is 0.693. The molecule has 2 amide bonds. The first-order chi connectivity index (χ1) is 7.91. The second kappa shape index (κ2) is 5.65. The summed E-state index contributed by atoms with van der Waals surface area (Å²) in [6.45, 7) is 3.93. The number of amides is 2. The van der Waals surface area contributed by atoms with Crippen LogP contribution in [0, 0.1) is 11.8 Å². The Bertz CT molecular complexity index is 327. The lowest BCUT2D eigenvalue weighted by molar-refractivity contribution is -0.144. The molecule has 0 aromatic carbocycles. The molecule has 1 rings (SSSR count). The first-order valence-electron chi connectivity index (χ1n) is 5.71. The number of hydrogen-bond acceptors (Lipinski definition) is 3. The predicted octanol–water partition coefficient (Wildman–Crippen LogP) is -0.262. The Morgan fingerprint density at radius 2 is 2.12 bits per heavy atom. The van der Waals surface area contributed by atoms with Crippen LogP contribution < -0.4 is 10.6 Å². The molecule has 0 aromatic rings. The Morgan fingerprint density at radius 1 is 1.47 bits per heavy atom. The van der Waals surface area contributed by atoms with Crippen molar-refractivity contribution in [2.45, 2.75) is 32.7 Å². The molecule has 0 aliphatic carbocycles.